The minimum Gasteiger partial charge on any atom is -0.481 e. The molecule has 2 aromatic rings. The molecule has 1 aliphatic heterocycles. The summed E-state index contributed by atoms with van der Waals surface area (Å²) >= 11 is 1.73. The normalized spacial score (nSPS) is 17.8. The maximum Gasteiger partial charge on any atom is 0.407 e. The minimum atomic E-state index is -1.15. The summed E-state index contributed by atoms with van der Waals surface area (Å²) in [6.07, 6.45) is 1.65. The highest BCUT2D eigenvalue weighted by atomic mass is 32.2. The van der Waals surface area contributed by atoms with Crippen molar-refractivity contribution < 1.29 is 24.2 Å². The van der Waals surface area contributed by atoms with Crippen LogP contribution < -0.4 is 5.32 Å². The van der Waals surface area contributed by atoms with E-state index < -0.39 is 24.5 Å². The van der Waals surface area contributed by atoms with Gasteiger partial charge in [-0.05, 0) is 46.6 Å². The Morgan fingerprint density at radius 3 is 2.36 bits per heavy atom. The number of carboxylic acid groups (broad SMARTS) is 1. The molecule has 2 amide bonds. The summed E-state index contributed by atoms with van der Waals surface area (Å²) in [6.45, 7) is 1.27. The zero-order valence-electron chi connectivity index (χ0n) is 18.5. The lowest BCUT2D eigenvalue weighted by molar-refractivity contribution is -0.142. The van der Waals surface area contributed by atoms with Gasteiger partial charge in [0, 0.05) is 19.0 Å². The quantitative estimate of drug-likeness (QED) is 0.615. The molecule has 0 radical (unpaired) electrons. The molecule has 0 bridgehead atoms. The van der Waals surface area contributed by atoms with Crippen LogP contribution in [-0.2, 0) is 14.3 Å². The number of nitrogens with zero attached hydrogens (tertiary/aromatic N) is 1. The number of ether oxygens (including phenoxy) is 1. The van der Waals surface area contributed by atoms with Crippen molar-refractivity contribution in [2.24, 2.45) is 5.92 Å². The van der Waals surface area contributed by atoms with E-state index in [0.29, 0.717) is 19.0 Å². The van der Waals surface area contributed by atoms with E-state index in [1.165, 1.54) is 0 Å². The molecule has 7 nitrogen and oxygen atoms in total. The summed E-state index contributed by atoms with van der Waals surface area (Å²) in [7, 11) is 0. The largest absolute Gasteiger partial charge is 0.481 e. The number of amides is 2. The predicted octanol–water partition coefficient (Wildman–Crippen LogP) is 3.58. The van der Waals surface area contributed by atoms with E-state index in [9.17, 15) is 19.5 Å². The van der Waals surface area contributed by atoms with Crippen LogP contribution in [-0.4, -0.2) is 65.7 Å². The van der Waals surface area contributed by atoms with Gasteiger partial charge in [-0.1, -0.05) is 48.5 Å². The van der Waals surface area contributed by atoms with Gasteiger partial charge in [-0.25, -0.2) is 4.79 Å². The van der Waals surface area contributed by atoms with E-state index in [-0.39, 0.29) is 18.4 Å². The second kappa shape index (κ2) is 10.3. The lowest BCUT2D eigenvalue weighted by Gasteiger charge is -2.23. The maximum atomic E-state index is 12.9. The van der Waals surface area contributed by atoms with Gasteiger partial charge in [-0.2, -0.15) is 11.8 Å². The third-order valence-corrected chi connectivity index (χ3v) is 7.12. The smallest absolute Gasteiger partial charge is 0.407 e. The van der Waals surface area contributed by atoms with Gasteiger partial charge in [0.2, 0.25) is 5.91 Å². The molecule has 33 heavy (non-hydrogen) atoms. The molecular formula is C25H28N2O5S. The van der Waals surface area contributed by atoms with Gasteiger partial charge in [-0.3, -0.25) is 9.59 Å². The topological polar surface area (TPSA) is 95.9 Å². The molecule has 174 valence electrons. The Hall–Kier alpha value is -3.00. The number of likely N-dealkylation sites (tertiary alicyclic amines) is 1. The molecule has 2 aromatic carbocycles. The van der Waals surface area contributed by atoms with Crippen LogP contribution >= 0.6 is 11.8 Å². The Morgan fingerprint density at radius 1 is 1.12 bits per heavy atom. The molecule has 2 atom stereocenters. The molecule has 2 aliphatic rings. The Morgan fingerprint density at radius 2 is 1.76 bits per heavy atom. The fourth-order valence-corrected chi connectivity index (χ4v) is 5.53. The van der Waals surface area contributed by atoms with Crippen LogP contribution in [0.2, 0.25) is 0 Å². The SMILES string of the molecule is CSCC1CCN(C(=O)C(CC(=O)O)NC(=O)OCC2c3ccccc3-c3ccccc32)C1. The second-order valence-electron chi connectivity index (χ2n) is 8.51. The lowest BCUT2D eigenvalue weighted by atomic mass is 9.98. The average molecular weight is 469 g/mol. The number of alkyl carbamates (subject to hydrolysis) is 1. The van der Waals surface area contributed by atoms with Gasteiger partial charge >= 0.3 is 12.1 Å². The number of hydrogen-bond acceptors (Lipinski definition) is 5. The van der Waals surface area contributed by atoms with E-state index >= 15 is 0 Å². The van der Waals surface area contributed by atoms with Crippen molar-refractivity contribution in [2.45, 2.75) is 24.8 Å². The van der Waals surface area contributed by atoms with Crippen LogP contribution in [0.4, 0.5) is 4.79 Å². The lowest BCUT2D eigenvalue weighted by Crippen LogP contribution is -2.49. The summed E-state index contributed by atoms with van der Waals surface area (Å²) in [4.78, 5) is 38.5. The first kappa shape index (κ1) is 23.2. The van der Waals surface area contributed by atoms with E-state index in [1.54, 1.807) is 16.7 Å². The van der Waals surface area contributed by atoms with Crippen molar-refractivity contribution in [1.82, 2.24) is 10.2 Å². The van der Waals surface area contributed by atoms with Crippen LogP contribution in [0.5, 0.6) is 0 Å². The van der Waals surface area contributed by atoms with E-state index in [4.69, 9.17) is 4.74 Å². The van der Waals surface area contributed by atoms with Crippen molar-refractivity contribution >= 4 is 29.7 Å². The summed E-state index contributed by atoms with van der Waals surface area (Å²) in [6, 6.07) is 14.9. The third kappa shape index (κ3) is 5.16. The summed E-state index contributed by atoms with van der Waals surface area (Å²) in [5, 5.41) is 11.8. The predicted molar refractivity (Wildman–Crippen MR) is 127 cm³/mol. The van der Waals surface area contributed by atoms with Crippen molar-refractivity contribution in [2.75, 3.05) is 31.7 Å². The highest BCUT2D eigenvalue weighted by Crippen LogP contribution is 2.44. The Balaban J connectivity index is 1.40. The number of aliphatic carboxylic acids is 1. The summed E-state index contributed by atoms with van der Waals surface area (Å²) in [5.74, 6) is -0.277. The molecule has 4 rings (SSSR count). The van der Waals surface area contributed by atoms with Crippen molar-refractivity contribution in [3.8, 4) is 11.1 Å². The minimum absolute atomic E-state index is 0.105. The van der Waals surface area contributed by atoms with Crippen LogP contribution in [0.25, 0.3) is 11.1 Å². The number of fused-ring (bicyclic) bond motifs is 3. The van der Waals surface area contributed by atoms with E-state index in [0.717, 1.165) is 34.4 Å². The van der Waals surface area contributed by atoms with Crippen molar-refractivity contribution in [3.63, 3.8) is 0 Å². The van der Waals surface area contributed by atoms with Crippen molar-refractivity contribution in [1.29, 1.82) is 0 Å². The monoisotopic (exact) mass is 468 g/mol. The van der Waals surface area contributed by atoms with Crippen LogP contribution in [0.15, 0.2) is 48.5 Å². The first-order valence-corrected chi connectivity index (χ1v) is 12.5. The number of carbonyl (C=O) groups is 3. The number of nitrogens with one attached hydrogen (secondary N) is 1. The van der Waals surface area contributed by atoms with Crippen LogP contribution in [0.1, 0.15) is 29.9 Å². The van der Waals surface area contributed by atoms with E-state index in [2.05, 4.69) is 17.4 Å². The highest BCUT2D eigenvalue weighted by Gasteiger charge is 2.34. The molecule has 1 fully saturated rings. The number of carbonyl (C=O) groups excluding carboxylic acids is 2. The first-order chi connectivity index (χ1) is 16.0. The number of carboxylic acids is 1. The van der Waals surface area contributed by atoms with Gasteiger partial charge in [0.15, 0.2) is 0 Å². The van der Waals surface area contributed by atoms with E-state index in [1.807, 2.05) is 42.7 Å². The molecule has 2 unspecified atom stereocenters. The molecule has 0 aromatic heterocycles. The molecule has 2 N–H and O–H groups in total. The van der Waals surface area contributed by atoms with Gasteiger partial charge in [0.1, 0.15) is 12.6 Å². The number of hydrogen-bond donors (Lipinski definition) is 2. The Kier molecular flexibility index (Phi) is 7.23. The Labute approximate surface area is 197 Å². The van der Waals surface area contributed by atoms with Crippen LogP contribution in [0, 0.1) is 5.92 Å². The zero-order chi connectivity index (χ0) is 23.4. The zero-order valence-corrected chi connectivity index (χ0v) is 19.3. The standard InChI is InChI=1S/C25H28N2O5S/c1-33-15-16-10-11-27(13-16)24(30)22(12-23(28)29)26-25(31)32-14-21-19-8-4-2-6-17(19)18-7-3-5-9-20(18)21/h2-9,16,21-22H,10-15H2,1H3,(H,26,31)(H,28,29). The van der Waals surface area contributed by atoms with Gasteiger partial charge < -0.3 is 20.1 Å². The summed E-state index contributed by atoms with van der Waals surface area (Å²) < 4.78 is 5.51. The summed E-state index contributed by atoms with van der Waals surface area (Å²) in [5.41, 5.74) is 4.41. The highest BCUT2D eigenvalue weighted by molar-refractivity contribution is 7.98. The molecule has 1 aliphatic carbocycles. The Bertz CT molecular complexity index is 997. The number of thioether (sulfide) groups is 1. The molecule has 1 saturated heterocycles. The van der Waals surface area contributed by atoms with Gasteiger partial charge in [-0.15, -0.1) is 0 Å². The fraction of sp³-hybridized carbons (Fsp3) is 0.400. The second-order valence-corrected chi connectivity index (χ2v) is 9.43. The van der Waals surface area contributed by atoms with Gasteiger partial charge in [0.05, 0.1) is 6.42 Å². The fourth-order valence-electron chi connectivity index (χ4n) is 4.78. The molecule has 0 spiro atoms. The molecule has 0 saturated carbocycles. The van der Waals surface area contributed by atoms with Crippen molar-refractivity contribution in [3.05, 3.63) is 59.7 Å². The average Bonchev–Trinajstić information content (AvgIpc) is 3.39. The molecule has 1 heterocycles. The molecule has 8 heteroatoms. The third-order valence-electron chi connectivity index (χ3n) is 6.31. The first-order valence-electron chi connectivity index (χ1n) is 11.1. The number of rotatable bonds is 8. The maximum absolute atomic E-state index is 12.9. The molecular weight excluding hydrogens is 440 g/mol. The van der Waals surface area contributed by atoms with Gasteiger partial charge in [0.25, 0.3) is 0 Å². The van der Waals surface area contributed by atoms with Crippen LogP contribution in [0.3, 0.4) is 0 Å². The number of benzene rings is 2.